The second-order valence-electron chi connectivity index (χ2n) is 3.41. The monoisotopic (exact) mass is 259 g/mol. The van der Waals surface area contributed by atoms with Crippen molar-refractivity contribution >= 4 is 13.7 Å². The maximum atomic E-state index is 11.4. The summed E-state index contributed by atoms with van der Waals surface area (Å²) in [5.74, 6) is -0.742. The van der Waals surface area contributed by atoms with Crippen LogP contribution in [0.4, 0.5) is 0 Å². The van der Waals surface area contributed by atoms with Gasteiger partial charge in [-0.15, -0.1) is 0 Å². The summed E-state index contributed by atoms with van der Waals surface area (Å²) in [5.41, 5.74) is 5.58. The fourth-order valence-corrected chi connectivity index (χ4v) is 1.65. The lowest BCUT2D eigenvalue weighted by molar-refractivity contribution is -0.152. The number of carbonyl (C=O) groups excluding carboxylic acids is 1. The largest absolute Gasteiger partial charge is 0.459 e. The maximum Gasteiger partial charge on any atom is 0.401 e. The molecule has 2 atom stereocenters. The molecule has 0 saturated carbocycles. The van der Waals surface area contributed by atoms with Gasteiger partial charge in [-0.25, -0.2) is 14.9 Å². The van der Waals surface area contributed by atoms with E-state index in [0.717, 1.165) is 5.56 Å². The molecule has 0 fully saturated rings. The van der Waals surface area contributed by atoms with E-state index in [1.807, 2.05) is 18.2 Å². The lowest BCUT2D eigenvalue weighted by atomic mass is 10.2. The van der Waals surface area contributed by atoms with Gasteiger partial charge in [-0.1, -0.05) is 30.3 Å². The number of hydrogen-bond acceptors (Lipinski definition) is 4. The third-order valence-electron chi connectivity index (χ3n) is 1.86. The van der Waals surface area contributed by atoms with E-state index in [4.69, 9.17) is 15.1 Å². The Morgan fingerprint density at radius 2 is 2.06 bits per heavy atom. The van der Waals surface area contributed by atoms with E-state index < -0.39 is 19.8 Å². The zero-order valence-corrected chi connectivity index (χ0v) is 10.2. The van der Waals surface area contributed by atoms with E-state index in [0.29, 0.717) is 0 Å². The van der Waals surface area contributed by atoms with Crippen LogP contribution >= 0.6 is 7.75 Å². The predicted molar refractivity (Wildman–Crippen MR) is 60.8 cm³/mol. The first-order chi connectivity index (χ1) is 7.88. The first-order valence-electron chi connectivity index (χ1n) is 4.89. The van der Waals surface area contributed by atoms with Crippen LogP contribution in [-0.2, 0) is 25.2 Å². The van der Waals surface area contributed by atoms with Crippen molar-refractivity contribution in [2.45, 2.75) is 19.6 Å². The van der Waals surface area contributed by atoms with Crippen molar-refractivity contribution in [3.63, 3.8) is 0 Å². The van der Waals surface area contributed by atoms with Gasteiger partial charge in [-0.2, -0.15) is 0 Å². The first-order valence-corrected chi connectivity index (χ1v) is 6.53. The van der Waals surface area contributed by atoms with Gasteiger partial charge in [0.25, 0.3) is 0 Å². The van der Waals surface area contributed by atoms with E-state index in [1.54, 1.807) is 12.1 Å². The Labute approximate surface area is 98.9 Å². The van der Waals surface area contributed by atoms with Crippen LogP contribution in [0.15, 0.2) is 30.3 Å². The smallest absolute Gasteiger partial charge is 0.401 e. The molecule has 1 aromatic rings. The molecule has 0 amide bonds. The summed E-state index contributed by atoms with van der Waals surface area (Å²) in [7, 11) is -4.17. The van der Waals surface area contributed by atoms with Crippen LogP contribution in [0.3, 0.4) is 0 Å². The zero-order valence-electron chi connectivity index (χ0n) is 9.28. The number of carbonyl (C=O) groups is 1. The average molecular weight is 259 g/mol. The van der Waals surface area contributed by atoms with Gasteiger partial charge in [-0.3, -0.25) is 4.52 Å². The highest BCUT2D eigenvalue weighted by Crippen LogP contribution is 2.33. The number of rotatable bonds is 5. The molecule has 1 aromatic carbocycles. The molecule has 0 spiro atoms. The Morgan fingerprint density at radius 3 is 2.59 bits per heavy atom. The van der Waals surface area contributed by atoms with E-state index >= 15 is 0 Å². The molecule has 3 N–H and O–H groups in total. The van der Waals surface area contributed by atoms with Crippen molar-refractivity contribution in [1.82, 2.24) is 0 Å². The molecule has 0 aliphatic carbocycles. The molecule has 2 unspecified atom stereocenters. The Hall–Kier alpha value is -1.20. The summed E-state index contributed by atoms with van der Waals surface area (Å²) in [6.45, 7) is 1.37. The van der Waals surface area contributed by atoms with Crippen LogP contribution < -0.4 is 5.50 Å². The van der Waals surface area contributed by atoms with Crippen LogP contribution in [0.25, 0.3) is 0 Å². The van der Waals surface area contributed by atoms with E-state index in [2.05, 4.69) is 4.52 Å². The van der Waals surface area contributed by atoms with Gasteiger partial charge in [0.2, 0.25) is 0 Å². The molecular weight excluding hydrogens is 245 g/mol. The lowest BCUT2D eigenvalue weighted by Crippen LogP contribution is -2.23. The van der Waals surface area contributed by atoms with Crippen molar-refractivity contribution in [1.29, 1.82) is 0 Å². The highest BCUT2D eigenvalue weighted by molar-refractivity contribution is 7.50. The average Bonchev–Trinajstić information content (AvgIpc) is 2.25. The van der Waals surface area contributed by atoms with Crippen LogP contribution in [-0.4, -0.2) is 17.0 Å². The summed E-state index contributed by atoms with van der Waals surface area (Å²) in [6, 6.07) is 9.04. The number of benzene rings is 1. The second-order valence-corrected chi connectivity index (χ2v) is 4.74. The van der Waals surface area contributed by atoms with Gasteiger partial charge < -0.3 is 9.63 Å². The molecule has 0 heterocycles. The van der Waals surface area contributed by atoms with E-state index in [-0.39, 0.29) is 6.61 Å². The third kappa shape index (κ3) is 5.60. The Kier molecular flexibility index (Phi) is 4.84. The molecular formula is C10H14NO5P. The first kappa shape index (κ1) is 13.9. The minimum atomic E-state index is -4.17. The normalized spacial score (nSPS) is 15.9. The van der Waals surface area contributed by atoms with Crippen molar-refractivity contribution in [3.05, 3.63) is 35.9 Å². The SMILES string of the molecule is CC(OP(N)(=O)O)C(=O)OCc1ccccc1. The summed E-state index contributed by atoms with van der Waals surface area (Å²) in [4.78, 5) is 20.1. The number of esters is 1. The summed E-state index contributed by atoms with van der Waals surface area (Å²) in [6.07, 6.45) is -1.18. The van der Waals surface area contributed by atoms with E-state index in [9.17, 15) is 9.36 Å². The van der Waals surface area contributed by atoms with Crippen molar-refractivity contribution < 1.29 is 23.5 Å². The summed E-state index contributed by atoms with van der Waals surface area (Å²) < 4.78 is 20.0. The molecule has 6 nitrogen and oxygen atoms in total. The van der Waals surface area contributed by atoms with Crippen LogP contribution in [0, 0.1) is 0 Å². The van der Waals surface area contributed by atoms with Gasteiger partial charge in [0, 0.05) is 0 Å². The van der Waals surface area contributed by atoms with Crippen LogP contribution in [0.5, 0.6) is 0 Å². The van der Waals surface area contributed by atoms with Crippen molar-refractivity contribution in [2.24, 2.45) is 5.50 Å². The molecule has 0 aliphatic rings. The Morgan fingerprint density at radius 1 is 1.47 bits per heavy atom. The van der Waals surface area contributed by atoms with E-state index in [1.165, 1.54) is 6.92 Å². The second kappa shape index (κ2) is 5.93. The molecule has 0 bridgehead atoms. The molecule has 0 radical (unpaired) electrons. The van der Waals surface area contributed by atoms with Crippen molar-refractivity contribution in [2.75, 3.05) is 0 Å². The van der Waals surface area contributed by atoms with Gasteiger partial charge in [-0.05, 0) is 12.5 Å². The van der Waals surface area contributed by atoms with Crippen LogP contribution in [0.1, 0.15) is 12.5 Å². The Balaban J connectivity index is 2.42. The molecule has 0 aromatic heterocycles. The topological polar surface area (TPSA) is 98.9 Å². The van der Waals surface area contributed by atoms with Crippen LogP contribution in [0.2, 0.25) is 0 Å². The fraction of sp³-hybridized carbons (Fsp3) is 0.300. The highest BCUT2D eigenvalue weighted by atomic mass is 31.2. The third-order valence-corrected chi connectivity index (χ3v) is 2.48. The quantitative estimate of drug-likeness (QED) is 0.608. The highest BCUT2D eigenvalue weighted by Gasteiger charge is 2.23. The molecule has 0 saturated heterocycles. The number of nitrogens with two attached hydrogens (primary N) is 1. The van der Waals surface area contributed by atoms with Gasteiger partial charge >= 0.3 is 13.7 Å². The summed E-state index contributed by atoms with van der Waals surface area (Å²) in [5, 5.41) is 0. The molecule has 7 heteroatoms. The van der Waals surface area contributed by atoms with Gasteiger partial charge in [0.05, 0.1) is 0 Å². The minimum absolute atomic E-state index is 0.0771. The summed E-state index contributed by atoms with van der Waals surface area (Å²) >= 11 is 0. The predicted octanol–water partition coefficient (Wildman–Crippen LogP) is 1.19. The zero-order chi connectivity index (χ0) is 12.9. The maximum absolute atomic E-state index is 11.4. The minimum Gasteiger partial charge on any atom is -0.459 e. The van der Waals surface area contributed by atoms with Gasteiger partial charge in [0.15, 0.2) is 6.10 Å². The molecule has 1 rings (SSSR count). The standard InChI is InChI=1S/C10H14NO5P/c1-8(16-17(11,13)14)10(12)15-7-9-5-3-2-4-6-9/h2-6,8H,7H2,1H3,(H3,11,13,14). The molecule has 0 aliphatic heterocycles. The molecule has 17 heavy (non-hydrogen) atoms. The van der Waals surface area contributed by atoms with Crippen molar-refractivity contribution in [3.8, 4) is 0 Å². The fourth-order valence-electron chi connectivity index (χ4n) is 1.12. The lowest BCUT2D eigenvalue weighted by Gasteiger charge is -2.13. The Bertz CT molecular complexity index is 416. The number of hydrogen-bond donors (Lipinski definition) is 2. The molecule has 94 valence electrons. The number of ether oxygens (including phenoxy) is 1. The van der Waals surface area contributed by atoms with Gasteiger partial charge in [0.1, 0.15) is 6.61 Å².